The van der Waals surface area contributed by atoms with Crippen molar-refractivity contribution in [2.75, 3.05) is 32.7 Å². The molecule has 0 bridgehead atoms. The van der Waals surface area contributed by atoms with Crippen LogP contribution < -0.4 is 0 Å². The Morgan fingerprint density at radius 2 is 2.08 bits per heavy atom. The second-order valence-corrected chi connectivity index (χ2v) is 6.18. The van der Waals surface area contributed by atoms with Gasteiger partial charge in [0.25, 0.3) is 0 Å². The molecule has 1 aromatic heterocycles. The van der Waals surface area contributed by atoms with Crippen molar-refractivity contribution in [3.8, 4) is 12.1 Å². The van der Waals surface area contributed by atoms with Crippen LogP contribution in [0.25, 0.3) is 0 Å². The zero-order valence-corrected chi connectivity index (χ0v) is 14.1. The first-order chi connectivity index (χ1) is 11.6. The van der Waals surface area contributed by atoms with Gasteiger partial charge in [0.1, 0.15) is 0 Å². The number of aromatic nitrogens is 1. The van der Waals surface area contributed by atoms with Gasteiger partial charge in [-0.05, 0) is 37.6 Å². The summed E-state index contributed by atoms with van der Waals surface area (Å²) in [6.07, 6.45) is 3.43. The zero-order chi connectivity index (χ0) is 17.4. The van der Waals surface area contributed by atoms with Crippen LogP contribution in [0.15, 0.2) is 18.3 Å². The van der Waals surface area contributed by atoms with Crippen LogP contribution in [-0.2, 0) is 4.79 Å². The number of hydrogen-bond donors (Lipinski definition) is 0. The Bertz CT molecular complexity index is 628. The van der Waals surface area contributed by atoms with E-state index in [1.807, 2.05) is 12.3 Å². The minimum Gasteiger partial charge on any atom is -0.340 e. The molecule has 1 unspecified atom stereocenters. The van der Waals surface area contributed by atoms with Gasteiger partial charge in [0, 0.05) is 37.4 Å². The van der Waals surface area contributed by atoms with Gasteiger partial charge < -0.3 is 4.90 Å². The van der Waals surface area contributed by atoms with Gasteiger partial charge in [-0.25, -0.2) is 0 Å². The molecule has 126 valence electrons. The summed E-state index contributed by atoms with van der Waals surface area (Å²) < 4.78 is 0. The van der Waals surface area contributed by atoms with Crippen LogP contribution in [-0.4, -0.2) is 53.4 Å². The van der Waals surface area contributed by atoms with Gasteiger partial charge in [0.15, 0.2) is 0 Å². The largest absolute Gasteiger partial charge is 0.340 e. The Kier molecular flexibility index (Phi) is 6.72. The normalized spacial score (nSPS) is 17.2. The van der Waals surface area contributed by atoms with Crippen molar-refractivity contribution in [3.63, 3.8) is 0 Å². The molecule has 1 fully saturated rings. The molecule has 0 aliphatic carbocycles. The SMILES string of the molecule is Cc1ccnc(C2CCN(CC(=O)N(CCC#N)CCC#N)C2)c1. The lowest BCUT2D eigenvalue weighted by Crippen LogP contribution is -2.40. The molecule has 6 heteroatoms. The van der Waals surface area contributed by atoms with Crippen molar-refractivity contribution in [1.29, 1.82) is 10.5 Å². The lowest BCUT2D eigenvalue weighted by molar-refractivity contribution is -0.132. The molecule has 0 radical (unpaired) electrons. The van der Waals surface area contributed by atoms with E-state index in [4.69, 9.17) is 10.5 Å². The number of hydrogen-bond acceptors (Lipinski definition) is 5. The lowest BCUT2D eigenvalue weighted by atomic mass is 10.0. The summed E-state index contributed by atoms with van der Waals surface area (Å²) >= 11 is 0. The van der Waals surface area contributed by atoms with E-state index < -0.39 is 0 Å². The van der Waals surface area contributed by atoms with Crippen molar-refractivity contribution in [1.82, 2.24) is 14.8 Å². The fraction of sp³-hybridized carbons (Fsp3) is 0.556. The molecule has 0 saturated carbocycles. The van der Waals surface area contributed by atoms with E-state index in [2.05, 4.69) is 35.0 Å². The number of pyridine rings is 1. The smallest absolute Gasteiger partial charge is 0.236 e. The third kappa shape index (κ3) is 5.04. The highest BCUT2D eigenvalue weighted by atomic mass is 16.2. The monoisotopic (exact) mass is 325 g/mol. The molecule has 6 nitrogen and oxygen atoms in total. The highest BCUT2D eigenvalue weighted by Gasteiger charge is 2.27. The summed E-state index contributed by atoms with van der Waals surface area (Å²) in [5.41, 5.74) is 2.30. The average Bonchev–Trinajstić information content (AvgIpc) is 3.03. The predicted molar refractivity (Wildman–Crippen MR) is 89.8 cm³/mol. The van der Waals surface area contributed by atoms with Gasteiger partial charge >= 0.3 is 0 Å². The van der Waals surface area contributed by atoms with Crippen molar-refractivity contribution in [3.05, 3.63) is 29.6 Å². The van der Waals surface area contributed by atoms with Gasteiger partial charge in [-0.3, -0.25) is 14.7 Å². The van der Waals surface area contributed by atoms with Crippen LogP contribution in [0.1, 0.15) is 36.4 Å². The molecule has 1 saturated heterocycles. The Hall–Kier alpha value is -2.44. The first-order valence-electron chi connectivity index (χ1n) is 8.30. The van der Waals surface area contributed by atoms with E-state index in [1.165, 1.54) is 5.56 Å². The standard InChI is InChI=1S/C18H23N5O/c1-15-4-8-21-17(12-15)16-5-11-22(13-16)14-18(24)23(9-2-6-19)10-3-7-20/h4,8,12,16H,2-3,5,9-11,13-14H2,1H3. The fourth-order valence-corrected chi connectivity index (χ4v) is 3.02. The molecule has 1 atom stereocenters. The van der Waals surface area contributed by atoms with E-state index in [-0.39, 0.29) is 5.91 Å². The Morgan fingerprint density at radius 1 is 1.38 bits per heavy atom. The molecule has 2 rings (SSSR count). The number of carbonyl (C=O) groups excluding carboxylic acids is 1. The van der Waals surface area contributed by atoms with E-state index in [0.717, 1.165) is 25.2 Å². The van der Waals surface area contributed by atoms with Crippen LogP contribution in [0.2, 0.25) is 0 Å². The summed E-state index contributed by atoms with van der Waals surface area (Å²) in [7, 11) is 0. The van der Waals surface area contributed by atoms with Crippen LogP contribution in [0.4, 0.5) is 0 Å². The molecule has 2 heterocycles. The van der Waals surface area contributed by atoms with Gasteiger partial charge in [0.2, 0.25) is 5.91 Å². The Balaban J connectivity index is 1.89. The maximum absolute atomic E-state index is 12.5. The van der Waals surface area contributed by atoms with Crippen LogP contribution >= 0.6 is 0 Å². The molecule has 1 aliphatic heterocycles. The highest BCUT2D eigenvalue weighted by Crippen LogP contribution is 2.26. The second kappa shape index (κ2) is 9.00. The Morgan fingerprint density at radius 3 is 2.71 bits per heavy atom. The molecular weight excluding hydrogens is 302 g/mol. The number of rotatable bonds is 7. The summed E-state index contributed by atoms with van der Waals surface area (Å²) in [6, 6.07) is 8.22. The first-order valence-corrected chi connectivity index (χ1v) is 8.30. The van der Waals surface area contributed by atoms with Crippen molar-refractivity contribution >= 4 is 5.91 Å². The maximum atomic E-state index is 12.5. The quantitative estimate of drug-likeness (QED) is 0.763. The molecular formula is C18H23N5O. The molecule has 24 heavy (non-hydrogen) atoms. The van der Waals surface area contributed by atoms with Gasteiger partial charge in [-0.1, -0.05) is 0 Å². The number of nitriles is 2. The van der Waals surface area contributed by atoms with Crippen molar-refractivity contribution < 1.29 is 4.79 Å². The second-order valence-electron chi connectivity index (χ2n) is 6.18. The summed E-state index contributed by atoms with van der Waals surface area (Å²) in [6.45, 7) is 4.90. The van der Waals surface area contributed by atoms with E-state index in [9.17, 15) is 4.79 Å². The van der Waals surface area contributed by atoms with Crippen molar-refractivity contribution in [2.45, 2.75) is 32.1 Å². The number of carbonyl (C=O) groups is 1. The molecule has 1 aromatic rings. The summed E-state index contributed by atoms with van der Waals surface area (Å²) in [5, 5.41) is 17.4. The minimum atomic E-state index is -0.00153. The van der Waals surface area contributed by atoms with Gasteiger partial charge in [0.05, 0.1) is 31.5 Å². The zero-order valence-electron chi connectivity index (χ0n) is 14.1. The summed E-state index contributed by atoms with van der Waals surface area (Å²) in [5.74, 6) is 0.364. The van der Waals surface area contributed by atoms with Gasteiger partial charge in [-0.2, -0.15) is 10.5 Å². The average molecular weight is 325 g/mol. The molecule has 0 spiro atoms. The Labute approximate surface area is 143 Å². The number of likely N-dealkylation sites (tertiary alicyclic amines) is 1. The minimum absolute atomic E-state index is 0.00153. The number of nitrogens with zero attached hydrogens (tertiary/aromatic N) is 5. The van der Waals surface area contributed by atoms with Crippen molar-refractivity contribution in [2.24, 2.45) is 0 Å². The topological polar surface area (TPSA) is 84.0 Å². The maximum Gasteiger partial charge on any atom is 0.236 e. The van der Waals surface area contributed by atoms with E-state index in [0.29, 0.717) is 38.4 Å². The van der Waals surface area contributed by atoms with Crippen LogP contribution in [0, 0.1) is 29.6 Å². The summed E-state index contributed by atoms with van der Waals surface area (Å²) in [4.78, 5) is 20.7. The lowest BCUT2D eigenvalue weighted by Gasteiger charge is -2.24. The number of amides is 1. The first kappa shape index (κ1) is 17.9. The van der Waals surface area contributed by atoms with Crippen LogP contribution in [0.5, 0.6) is 0 Å². The highest BCUT2D eigenvalue weighted by molar-refractivity contribution is 5.78. The van der Waals surface area contributed by atoms with Gasteiger partial charge in [-0.15, -0.1) is 0 Å². The molecule has 0 aromatic carbocycles. The predicted octanol–water partition coefficient (Wildman–Crippen LogP) is 1.84. The fourth-order valence-electron chi connectivity index (χ4n) is 3.02. The molecule has 1 aliphatic rings. The molecule has 1 amide bonds. The third-order valence-corrected chi connectivity index (χ3v) is 4.33. The third-order valence-electron chi connectivity index (χ3n) is 4.33. The number of aryl methyl sites for hydroxylation is 1. The molecule has 0 N–H and O–H groups in total. The van der Waals surface area contributed by atoms with E-state index >= 15 is 0 Å². The van der Waals surface area contributed by atoms with Crippen LogP contribution in [0.3, 0.4) is 0 Å². The van der Waals surface area contributed by atoms with E-state index in [1.54, 1.807) is 4.90 Å².